The summed E-state index contributed by atoms with van der Waals surface area (Å²) in [5, 5.41) is 11.9. The van der Waals surface area contributed by atoms with Gasteiger partial charge in [-0.25, -0.2) is 18.6 Å². The molecule has 3 heterocycles. The highest BCUT2D eigenvalue weighted by Crippen LogP contribution is 2.33. The molecule has 0 spiro atoms. The van der Waals surface area contributed by atoms with E-state index in [9.17, 15) is 14.7 Å². The minimum atomic E-state index is -1.05. The number of nitrogens with zero attached hydrogens (tertiary/aromatic N) is 3. The van der Waals surface area contributed by atoms with Gasteiger partial charge >= 0.3 is 6.09 Å². The van der Waals surface area contributed by atoms with E-state index in [1.54, 1.807) is 47.0 Å². The van der Waals surface area contributed by atoms with Gasteiger partial charge in [-0.2, -0.15) is 0 Å². The minimum absolute atomic E-state index is 0.0264. The Kier molecular flexibility index (Phi) is 6.58. The maximum atomic E-state index is 15.4. The monoisotopic (exact) mass is 506 g/mol. The number of fused-ring (bicyclic) bond motifs is 1. The van der Waals surface area contributed by atoms with Crippen LogP contribution in [0.25, 0.3) is 16.9 Å². The largest absolute Gasteiger partial charge is 0.465 e. The van der Waals surface area contributed by atoms with Crippen molar-refractivity contribution in [3.05, 3.63) is 89.2 Å². The van der Waals surface area contributed by atoms with Gasteiger partial charge < -0.3 is 24.5 Å². The molecule has 5 rings (SSSR count). The molecule has 8 nitrogen and oxygen atoms in total. The van der Waals surface area contributed by atoms with Gasteiger partial charge in [-0.3, -0.25) is 4.79 Å². The summed E-state index contributed by atoms with van der Waals surface area (Å²) in [7, 11) is 0. The Hall–Kier alpha value is -4.31. The van der Waals surface area contributed by atoms with E-state index in [0.717, 1.165) is 17.7 Å². The normalized spacial score (nSPS) is 15.6. The molecule has 2 aromatic carbocycles. The smallest absolute Gasteiger partial charge is 0.407 e. The summed E-state index contributed by atoms with van der Waals surface area (Å²) >= 11 is 0. The highest BCUT2D eigenvalue weighted by molar-refractivity contribution is 6.04. The van der Waals surface area contributed by atoms with Gasteiger partial charge in [-0.1, -0.05) is 18.2 Å². The zero-order chi connectivity index (χ0) is 26.1. The quantitative estimate of drug-likeness (QED) is 0.407. The molecular formula is C27H24F2N4O4. The summed E-state index contributed by atoms with van der Waals surface area (Å²) in [6, 6.07) is 14.1. The molecule has 0 bridgehead atoms. The predicted octanol–water partition coefficient (Wildman–Crippen LogP) is 4.76. The molecule has 2 N–H and O–H groups in total. The maximum absolute atomic E-state index is 15.4. The number of benzene rings is 2. The second-order valence-electron chi connectivity index (χ2n) is 8.90. The van der Waals surface area contributed by atoms with Crippen LogP contribution in [-0.2, 0) is 11.2 Å². The SMILES string of the molecule is Cc1ccn2c(CC3CN(C(=O)O)CCO3)c(-c3c(F)cc(NC(=O)c4ccccc4)cc3F)nc2c1. The summed E-state index contributed by atoms with van der Waals surface area (Å²) in [4.78, 5) is 29.7. The third-order valence-electron chi connectivity index (χ3n) is 6.28. The van der Waals surface area contributed by atoms with E-state index in [-0.39, 0.29) is 43.1 Å². The molecule has 2 amide bonds. The number of ether oxygens (including phenoxy) is 1. The first-order valence-electron chi connectivity index (χ1n) is 11.7. The van der Waals surface area contributed by atoms with Gasteiger partial charge in [0.1, 0.15) is 17.3 Å². The zero-order valence-corrected chi connectivity index (χ0v) is 19.9. The molecule has 1 atom stereocenters. The van der Waals surface area contributed by atoms with Gasteiger partial charge in [0.25, 0.3) is 5.91 Å². The molecule has 1 unspecified atom stereocenters. The van der Waals surface area contributed by atoms with Crippen molar-refractivity contribution in [2.45, 2.75) is 19.4 Å². The van der Waals surface area contributed by atoms with Gasteiger partial charge in [0.05, 0.1) is 36.2 Å². The number of morpholine rings is 1. The van der Waals surface area contributed by atoms with Crippen LogP contribution >= 0.6 is 0 Å². The van der Waals surface area contributed by atoms with Gasteiger partial charge in [-0.15, -0.1) is 0 Å². The number of amides is 2. The zero-order valence-electron chi connectivity index (χ0n) is 19.9. The van der Waals surface area contributed by atoms with Gasteiger partial charge in [0.2, 0.25) is 0 Å². The summed E-state index contributed by atoms with van der Waals surface area (Å²) in [5.74, 6) is -2.27. The summed E-state index contributed by atoms with van der Waals surface area (Å²) in [5.41, 5.74) is 2.00. The molecule has 1 saturated heterocycles. The van der Waals surface area contributed by atoms with Gasteiger partial charge in [-0.05, 0) is 48.9 Å². The van der Waals surface area contributed by atoms with Crippen LogP contribution in [0, 0.1) is 18.6 Å². The molecule has 2 aromatic heterocycles. The fraction of sp³-hybridized carbons (Fsp3) is 0.222. The lowest BCUT2D eigenvalue weighted by Crippen LogP contribution is -2.45. The molecule has 37 heavy (non-hydrogen) atoms. The van der Waals surface area contributed by atoms with Crippen LogP contribution < -0.4 is 5.32 Å². The van der Waals surface area contributed by atoms with Crippen LogP contribution in [0.3, 0.4) is 0 Å². The summed E-state index contributed by atoms with van der Waals surface area (Å²) in [6.45, 7) is 2.49. The van der Waals surface area contributed by atoms with Crippen molar-refractivity contribution >= 4 is 23.3 Å². The lowest BCUT2D eigenvalue weighted by Gasteiger charge is -2.31. The van der Waals surface area contributed by atoms with E-state index in [1.807, 2.05) is 13.0 Å². The van der Waals surface area contributed by atoms with Crippen molar-refractivity contribution in [3.63, 3.8) is 0 Å². The standard InChI is InChI=1S/C27H24F2N4O4/c1-16-7-8-33-22(14-19-15-32(27(35)36)9-10-37-19)25(31-23(33)11-16)24-20(28)12-18(13-21(24)29)30-26(34)17-5-3-2-4-6-17/h2-8,11-13,19H,9-10,14-15H2,1H3,(H,30,34)(H,35,36). The second kappa shape index (κ2) is 9.98. The Morgan fingerprint density at radius 3 is 2.57 bits per heavy atom. The highest BCUT2D eigenvalue weighted by Gasteiger charge is 2.28. The van der Waals surface area contributed by atoms with Gasteiger partial charge in [0, 0.05) is 30.4 Å². The molecule has 190 valence electrons. The average Bonchev–Trinajstić information content (AvgIpc) is 3.20. The molecule has 0 aliphatic carbocycles. The molecule has 1 aliphatic heterocycles. The topological polar surface area (TPSA) is 96.2 Å². The Morgan fingerprint density at radius 1 is 1.14 bits per heavy atom. The number of rotatable bonds is 5. The third-order valence-corrected chi connectivity index (χ3v) is 6.28. The van der Waals surface area contributed by atoms with E-state index < -0.39 is 29.7 Å². The van der Waals surface area contributed by atoms with Crippen LogP contribution in [0.5, 0.6) is 0 Å². The molecule has 1 aliphatic rings. The number of pyridine rings is 1. The van der Waals surface area contributed by atoms with E-state index in [4.69, 9.17) is 4.74 Å². The van der Waals surface area contributed by atoms with Crippen molar-refractivity contribution in [2.75, 3.05) is 25.0 Å². The molecular weight excluding hydrogens is 482 g/mol. The lowest BCUT2D eigenvalue weighted by molar-refractivity contribution is -0.0214. The number of carboxylic acid groups (broad SMARTS) is 1. The predicted molar refractivity (Wildman–Crippen MR) is 133 cm³/mol. The number of nitrogens with one attached hydrogen (secondary N) is 1. The number of aryl methyl sites for hydroxylation is 1. The molecule has 0 saturated carbocycles. The molecule has 1 fully saturated rings. The first-order valence-corrected chi connectivity index (χ1v) is 11.7. The molecule has 10 heteroatoms. The number of carbonyl (C=O) groups is 2. The van der Waals surface area contributed by atoms with Crippen molar-refractivity contribution in [1.82, 2.24) is 14.3 Å². The number of halogens is 2. The Bertz CT molecular complexity index is 1470. The van der Waals surface area contributed by atoms with E-state index >= 15 is 8.78 Å². The van der Waals surface area contributed by atoms with Crippen molar-refractivity contribution < 1.29 is 28.2 Å². The fourth-order valence-corrected chi connectivity index (χ4v) is 4.49. The fourth-order valence-electron chi connectivity index (χ4n) is 4.49. The first-order chi connectivity index (χ1) is 17.8. The Balaban J connectivity index is 1.52. The van der Waals surface area contributed by atoms with E-state index in [0.29, 0.717) is 16.9 Å². The van der Waals surface area contributed by atoms with E-state index in [2.05, 4.69) is 10.3 Å². The van der Waals surface area contributed by atoms with Gasteiger partial charge in [0.15, 0.2) is 0 Å². The number of aromatic nitrogens is 2. The average molecular weight is 507 g/mol. The number of carbonyl (C=O) groups excluding carboxylic acids is 1. The number of anilines is 1. The molecule has 4 aromatic rings. The highest BCUT2D eigenvalue weighted by atomic mass is 19.1. The Morgan fingerprint density at radius 2 is 1.86 bits per heavy atom. The second-order valence-corrected chi connectivity index (χ2v) is 8.90. The molecule has 0 radical (unpaired) electrons. The van der Waals surface area contributed by atoms with Crippen LogP contribution in [0.15, 0.2) is 60.8 Å². The summed E-state index contributed by atoms with van der Waals surface area (Å²) in [6.07, 6.45) is 0.390. The Labute approximate surface area is 211 Å². The lowest BCUT2D eigenvalue weighted by atomic mass is 10.0. The van der Waals surface area contributed by atoms with Crippen LogP contribution in [0.1, 0.15) is 21.6 Å². The number of imidazole rings is 1. The third kappa shape index (κ3) is 5.01. The van der Waals surface area contributed by atoms with Crippen molar-refractivity contribution in [3.8, 4) is 11.3 Å². The first kappa shape index (κ1) is 24.4. The van der Waals surface area contributed by atoms with Crippen LogP contribution in [-0.4, -0.2) is 57.2 Å². The van der Waals surface area contributed by atoms with Crippen LogP contribution in [0.2, 0.25) is 0 Å². The number of hydrogen-bond donors (Lipinski definition) is 2. The van der Waals surface area contributed by atoms with Crippen LogP contribution in [0.4, 0.5) is 19.3 Å². The van der Waals surface area contributed by atoms with Crippen molar-refractivity contribution in [1.29, 1.82) is 0 Å². The maximum Gasteiger partial charge on any atom is 0.407 e. The van der Waals surface area contributed by atoms with Crippen molar-refractivity contribution in [2.24, 2.45) is 0 Å². The summed E-state index contributed by atoms with van der Waals surface area (Å²) < 4.78 is 38.4. The van der Waals surface area contributed by atoms with E-state index in [1.165, 1.54) is 4.90 Å². The minimum Gasteiger partial charge on any atom is -0.465 e. The number of hydrogen-bond acceptors (Lipinski definition) is 4.